The molecule has 0 atom stereocenters. The van der Waals surface area contributed by atoms with Gasteiger partial charge in [0.2, 0.25) is 0 Å². The minimum absolute atomic E-state index is 0.0456. The second kappa shape index (κ2) is 6.96. The van der Waals surface area contributed by atoms with E-state index >= 15 is 0 Å². The van der Waals surface area contributed by atoms with Gasteiger partial charge in [-0.2, -0.15) is 0 Å². The van der Waals surface area contributed by atoms with Gasteiger partial charge in [0.05, 0.1) is 19.6 Å². The van der Waals surface area contributed by atoms with E-state index in [1.165, 1.54) is 16.9 Å². The maximum Gasteiger partial charge on any atom is 0.260 e. The summed E-state index contributed by atoms with van der Waals surface area (Å²) in [7, 11) is 3.24. The molecule has 0 radical (unpaired) electrons. The van der Waals surface area contributed by atoms with Crippen LogP contribution in [-0.4, -0.2) is 24.2 Å². The molecule has 0 fully saturated rings. The standard InChI is InChI=1S/C20H20N2O3S/c1-24-13-9-7-12(15(11-13)25-2)8-10-17-21-19(23)18-14-5-3-4-6-16(14)26-20(18)22-17/h7-11H,3-6H2,1-2H3,(H,21,22,23)/b10-8+. The molecule has 1 aliphatic rings. The fourth-order valence-corrected chi connectivity index (χ4v) is 4.65. The monoisotopic (exact) mass is 368 g/mol. The molecule has 0 bridgehead atoms. The Kier molecular flexibility index (Phi) is 4.51. The van der Waals surface area contributed by atoms with E-state index in [-0.39, 0.29) is 5.56 Å². The molecule has 2 aromatic heterocycles. The molecule has 6 heteroatoms. The Morgan fingerprint density at radius 1 is 1.15 bits per heavy atom. The predicted molar refractivity (Wildman–Crippen MR) is 105 cm³/mol. The number of benzene rings is 1. The number of aryl methyl sites for hydroxylation is 2. The van der Waals surface area contributed by atoms with E-state index in [1.54, 1.807) is 25.6 Å². The predicted octanol–water partition coefficient (Wildman–Crippen LogP) is 4.05. The lowest BCUT2D eigenvalue weighted by Crippen LogP contribution is -2.11. The van der Waals surface area contributed by atoms with Crippen LogP contribution < -0.4 is 15.0 Å². The Bertz CT molecular complexity index is 1050. The number of aromatic nitrogens is 2. The summed E-state index contributed by atoms with van der Waals surface area (Å²) in [6.07, 6.45) is 8.08. The Balaban J connectivity index is 1.72. The summed E-state index contributed by atoms with van der Waals surface area (Å²) in [5.41, 5.74) is 2.05. The number of ether oxygens (including phenoxy) is 2. The average molecular weight is 368 g/mol. The molecule has 5 nitrogen and oxygen atoms in total. The van der Waals surface area contributed by atoms with Crippen molar-refractivity contribution in [2.75, 3.05) is 14.2 Å². The molecule has 26 heavy (non-hydrogen) atoms. The maximum atomic E-state index is 12.6. The highest BCUT2D eigenvalue weighted by Gasteiger charge is 2.19. The molecule has 1 aliphatic carbocycles. The third kappa shape index (κ3) is 3.01. The number of hydrogen-bond acceptors (Lipinski definition) is 5. The lowest BCUT2D eigenvalue weighted by molar-refractivity contribution is 0.394. The SMILES string of the molecule is COc1ccc(/C=C/c2nc3sc4c(c3c(=O)[nH]2)CCCC4)c(OC)c1. The number of nitrogens with one attached hydrogen (secondary N) is 1. The van der Waals surface area contributed by atoms with Crippen LogP contribution in [0, 0.1) is 0 Å². The van der Waals surface area contributed by atoms with E-state index < -0.39 is 0 Å². The molecule has 134 valence electrons. The van der Waals surface area contributed by atoms with E-state index in [2.05, 4.69) is 9.97 Å². The molecular weight excluding hydrogens is 348 g/mol. The van der Waals surface area contributed by atoms with E-state index in [0.717, 1.165) is 40.8 Å². The van der Waals surface area contributed by atoms with Gasteiger partial charge in [-0.1, -0.05) is 0 Å². The molecule has 0 unspecified atom stereocenters. The lowest BCUT2D eigenvalue weighted by atomic mass is 9.97. The molecule has 1 N–H and O–H groups in total. The summed E-state index contributed by atoms with van der Waals surface area (Å²) < 4.78 is 10.6. The van der Waals surface area contributed by atoms with E-state index in [4.69, 9.17) is 9.47 Å². The van der Waals surface area contributed by atoms with Crippen molar-refractivity contribution in [1.29, 1.82) is 0 Å². The zero-order valence-corrected chi connectivity index (χ0v) is 15.6. The summed E-state index contributed by atoms with van der Waals surface area (Å²) in [4.78, 5) is 22.3. The fourth-order valence-electron chi connectivity index (χ4n) is 3.38. The lowest BCUT2D eigenvalue weighted by Gasteiger charge is -2.09. The number of fused-ring (bicyclic) bond motifs is 3. The Labute approximate surface area is 155 Å². The van der Waals surface area contributed by atoms with Crippen molar-refractivity contribution < 1.29 is 9.47 Å². The van der Waals surface area contributed by atoms with Crippen molar-refractivity contribution in [3.8, 4) is 11.5 Å². The van der Waals surface area contributed by atoms with Crippen LogP contribution in [0.3, 0.4) is 0 Å². The molecule has 1 aromatic carbocycles. The first-order chi connectivity index (χ1) is 12.7. The Hall–Kier alpha value is -2.60. The van der Waals surface area contributed by atoms with E-state index in [1.807, 2.05) is 30.4 Å². The van der Waals surface area contributed by atoms with Gasteiger partial charge in [-0.05, 0) is 55.5 Å². The van der Waals surface area contributed by atoms with Gasteiger partial charge in [-0.25, -0.2) is 4.98 Å². The van der Waals surface area contributed by atoms with Crippen molar-refractivity contribution in [2.45, 2.75) is 25.7 Å². The van der Waals surface area contributed by atoms with Gasteiger partial charge in [0, 0.05) is 16.5 Å². The molecule has 3 aromatic rings. The topological polar surface area (TPSA) is 64.2 Å². The highest BCUT2D eigenvalue weighted by atomic mass is 32.1. The number of methoxy groups -OCH3 is 2. The third-order valence-electron chi connectivity index (χ3n) is 4.70. The molecule has 0 amide bonds. The third-order valence-corrected chi connectivity index (χ3v) is 5.89. The number of aromatic amines is 1. The molecule has 2 heterocycles. The number of thiophene rings is 1. The first-order valence-corrected chi connectivity index (χ1v) is 9.46. The summed E-state index contributed by atoms with van der Waals surface area (Å²) >= 11 is 1.66. The van der Waals surface area contributed by atoms with E-state index in [0.29, 0.717) is 11.6 Å². The summed E-state index contributed by atoms with van der Waals surface area (Å²) in [6.45, 7) is 0. The van der Waals surface area contributed by atoms with Crippen molar-refractivity contribution >= 4 is 33.7 Å². The van der Waals surface area contributed by atoms with Gasteiger partial charge < -0.3 is 14.5 Å². The zero-order valence-electron chi connectivity index (χ0n) is 14.8. The van der Waals surface area contributed by atoms with Gasteiger partial charge >= 0.3 is 0 Å². The van der Waals surface area contributed by atoms with Crippen LogP contribution >= 0.6 is 11.3 Å². The second-order valence-corrected chi connectivity index (χ2v) is 7.37. The minimum atomic E-state index is -0.0456. The highest BCUT2D eigenvalue weighted by molar-refractivity contribution is 7.18. The van der Waals surface area contributed by atoms with Crippen LogP contribution in [0.5, 0.6) is 11.5 Å². The van der Waals surface area contributed by atoms with Gasteiger partial charge in [-0.3, -0.25) is 4.79 Å². The van der Waals surface area contributed by atoms with Crippen LogP contribution in [0.1, 0.15) is 34.7 Å². The van der Waals surface area contributed by atoms with Crippen LogP contribution in [0.2, 0.25) is 0 Å². The van der Waals surface area contributed by atoms with Crippen molar-refractivity contribution in [2.24, 2.45) is 0 Å². The van der Waals surface area contributed by atoms with Gasteiger partial charge in [0.15, 0.2) is 0 Å². The number of H-pyrrole nitrogens is 1. The zero-order chi connectivity index (χ0) is 18.1. The Morgan fingerprint density at radius 2 is 2.00 bits per heavy atom. The summed E-state index contributed by atoms with van der Waals surface area (Å²) in [5, 5.41) is 0.781. The smallest absolute Gasteiger partial charge is 0.260 e. The van der Waals surface area contributed by atoms with Gasteiger partial charge in [0.25, 0.3) is 5.56 Å². The van der Waals surface area contributed by atoms with Crippen LogP contribution in [0.25, 0.3) is 22.4 Å². The van der Waals surface area contributed by atoms with Crippen molar-refractivity contribution in [3.05, 3.63) is 50.4 Å². The average Bonchev–Trinajstić information content (AvgIpc) is 3.05. The van der Waals surface area contributed by atoms with E-state index in [9.17, 15) is 4.79 Å². The van der Waals surface area contributed by atoms with Gasteiger partial charge in [0.1, 0.15) is 22.2 Å². The first-order valence-electron chi connectivity index (χ1n) is 8.64. The summed E-state index contributed by atoms with van der Waals surface area (Å²) in [6, 6.07) is 5.61. The number of hydrogen-bond donors (Lipinski definition) is 1. The van der Waals surface area contributed by atoms with Crippen molar-refractivity contribution in [1.82, 2.24) is 9.97 Å². The van der Waals surface area contributed by atoms with Gasteiger partial charge in [-0.15, -0.1) is 11.3 Å². The molecule has 0 saturated carbocycles. The molecule has 4 rings (SSSR count). The normalized spacial score (nSPS) is 13.9. The number of nitrogens with zero attached hydrogens (tertiary/aromatic N) is 1. The Morgan fingerprint density at radius 3 is 2.81 bits per heavy atom. The second-order valence-electron chi connectivity index (χ2n) is 6.28. The quantitative estimate of drug-likeness (QED) is 0.754. The fraction of sp³-hybridized carbons (Fsp3) is 0.300. The van der Waals surface area contributed by atoms with Crippen LogP contribution in [0.15, 0.2) is 23.0 Å². The van der Waals surface area contributed by atoms with Crippen molar-refractivity contribution in [3.63, 3.8) is 0 Å². The molecule has 0 saturated heterocycles. The highest BCUT2D eigenvalue weighted by Crippen LogP contribution is 2.33. The van der Waals surface area contributed by atoms with Crippen LogP contribution in [-0.2, 0) is 12.8 Å². The minimum Gasteiger partial charge on any atom is -0.497 e. The molecular formula is C20H20N2O3S. The summed E-state index contributed by atoms with van der Waals surface area (Å²) in [5.74, 6) is 1.99. The molecule has 0 aliphatic heterocycles. The first kappa shape index (κ1) is 16.8. The number of rotatable bonds is 4. The maximum absolute atomic E-state index is 12.6. The van der Waals surface area contributed by atoms with Crippen LogP contribution in [0.4, 0.5) is 0 Å². The largest absolute Gasteiger partial charge is 0.497 e. The molecule has 0 spiro atoms.